The van der Waals surface area contributed by atoms with E-state index in [2.05, 4.69) is 19.9 Å². The lowest BCUT2D eigenvalue weighted by molar-refractivity contribution is -0.00000918. The zero-order valence-electron chi connectivity index (χ0n) is 20.7. The van der Waals surface area contributed by atoms with E-state index in [1.807, 2.05) is 0 Å². The number of rotatable bonds is 6. The molecule has 1 aliphatic carbocycles. The van der Waals surface area contributed by atoms with E-state index >= 15 is 4.39 Å². The molecule has 2 aliphatic rings. The fourth-order valence-corrected chi connectivity index (χ4v) is 6.05. The van der Waals surface area contributed by atoms with E-state index in [-0.39, 0.29) is 29.6 Å². The van der Waals surface area contributed by atoms with Crippen LogP contribution in [0.4, 0.5) is 19.0 Å². The summed E-state index contributed by atoms with van der Waals surface area (Å²) >= 11 is 6.47. The monoisotopic (exact) mass is 542 g/mol. The Balaban J connectivity index is 1.51. The fourth-order valence-electron chi connectivity index (χ4n) is 5.77. The Morgan fingerprint density at radius 2 is 1.92 bits per heavy atom. The molecule has 1 saturated carbocycles. The summed E-state index contributed by atoms with van der Waals surface area (Å²) in [5.74, 6) is -2.17. The van der Waals surface area contributed by atoms with Crippen LogP contribution in [0.1, 0.15) is 32.6 Å². The molecule has 2 aromatic carbocycles. The van der Waals surface area contributed by atoms with Gasteiger partial charge in [-0.15, -0.1) is 0 Å². The Labute approximate surface area is 222 Å². The van der Waals surface area contributed by atoms with Crippen molar-refractivity contribution in [3.05, 3.63) is 47.4 Å². The molecule has 1 saturated heterocycles. The molecule has 10 heteroatoms. The maximum atomic E-state index is 16.3. The minimum atomic E-state index is -2.91. The average Bonchev–Trinajstić information content (AvgIpc) is 3.20. The molecule has 6 rings (SSSR count). The van der Waals surface area contributed by atoms with E-state index in [9.17, 15) is 13.9 Å². The van der Waals surface area contributed by atoms with E-state index in [4.69, 9.17) is 16.3 Å². The predicted octanol–water partition coefficient (Wildman–Crippen LogP) is 7.00. The molecule has 0 spiro atoms. The smallest absolute Gasteiger partial charge is 0.319 e. The summed E-state index contributed by atoms with van der Waals surface area (Å²) in [6.45, 7) is 2.04. The van der Waals surface area contributed by atoms with E-state index in [0.717, 1.165) is 39.3 Å². The molecule has 0 radical (unpaired) electrons. The van der Waals surface area contributed by atoms with Crippen molar-refractivity contribution in [1.82, 2.24) is 15.0 Å². The number of pyridine rings is 1. The standard InChI is InChI=1S/C28H26ClF3N4O2/c1-28(31,32)7-8-38-27-34-25-20(26(35-27)36-13-15-5-6-16(9-15)14-36)12-33-24(23(25)30)19-11-18(37)10-17-3-2-4-21(29)22(17)19/h2-4,10-12,15-16,37H,5-9,13-14H2,1H3. The molecule has 1 N–H and O–H groups in total. The van der Waals surface area contributed by atoms with Crippen LogP contribution in [0.3, 0.4) is 0 Å². The van der Waals surface area contributed by atoms with Crippen LogP contribution in [0, 0.1) is 17.7 Å². The van der Waals surface area contributed by atoms with Crippen molar-refractivity contribution in [3.63, 3.8) is 0 Å². The third kappa shape index (κ3) is 4.68. The number of nitrogens with zero attached hydrogens (tertiary/aromatic N) is 4. The first-order chi connectivity index (χ1) is 18.2. The van der Waals surface area contributed by atoms with Crippen molar-refractivity contribution in [2.75, 3.05) is 24.6 Å². The number of fused-ring (bicyclic) bond motifs is 4. The molecule has 38 heavy (non-hydrogen) atoms. The number of aromatic hydroxyl groups is 1. The zero-order valence-corrected chi connectivity index (χ0v) is 21.5. The first kappa shape index (κ1) is 25.0. The van der Waals surface area contributed by atoms with Gasteiger partial charge in [-0.3, -0.25) is 4.98 Å². The number of hydrogen-bond donors (Lipinski definition) is 1. The maximum Gasteiger partial charge on any atom is 0.319 e. The van der Waals surface area contributed by atoms with Gasteiger partial charge in [-0.25, -0.2) is 13.2 Å². The number of halogens is 4. The third-order valence-corrected chi connectivity index (χ3v) is 7.80. The molecule has 1 aliphatic heterocycles. The largest absolute Gasteiger partial charge is 0.508 e. The Morgan fingerprint density at radius 3 is 2.66 bits per heavy atom. The molecule has 198 valence electrons. The van der Waals surface area contributed by atoms with E-state index < -0.39 is 18.2 Å². The van der Waals surface area contributed by atoms with Crippen molar-refractivity contribution >= 4 is 39.1 Å². The van der Waals surface area contributed by atoms with Crippen LogP contribution in [0.2, 0.25) is 5.02 Å². The fraction of sp³-hybridized carbons (Fsp3) is 0.393. The van der Waals surface area contributed by atoms with Gasteiger partial charge in [0, 0.05) is 41.7 Å². The van der Waals surface area contributed by atoms with Gasteiger partial charge in [0.05, 0.1) is 12.0 Å². The summed E-state index contributed by atoms with van der Waals surface area (Å²) in [5, 5.41) is 12.3. The van der Waals surface area contributed by atoms with Gasteiger partial charge < -0.3 is 14.7 Å². The number of aromatic nitrogens is 3. The van der Waals surface area contributed by atoms with E-state index in [1.165, 1.54) is 12.3 Å². The summed E-state index contributed by atoms with van der Waals surface area (Å²) in [5.41, 5.74) is 0.245. The molecule has 2 aromatic heterocycles. The van der Waals surface area contributed by atoms with Crippen LogP contribution in [0.25, 0.3) is 32.9 Å². The summed E-state index contributed by atoms with van der Waals surface area (Å²) in [6, 6.07) is 7.99. The highest BCUT2D eigenvalue weighted by molar-refractivity contribution is 6.36. The Morgan fingerprint density at radius 1 is 1.16 bits per heavy atom. The van der Waals surface area contributed by atoms with Crippen molar-refractivity contribution in [1.29, 1.82) is 0 Å². The third-order valence-electron chi connectivity index (χ3n) is 7.49. The van der Waals surface area contributed by atoms with Crippen molar-refractivity contribution < 1.29 is 23.0 Å². The van der Waals surface area contributed by atoms with Gasteiger partial charge in [0.25, 0.3) is 0 Å². The molecular formula is C28H26ClF3N4O2. The molecular weight excluding hydrogens is 517 g/mol. The SMILES string of the molecule is CC(F)(F)CCOc1nc(N2CC3CCC(C3)C2)c2cnc(-c3cc(O)cc4cccc(Cl)c34)c(F)c2n1. The topological polar surface area (TPSA) is 71.4 Å². The predicted molar refractivity (Wildman–Crippen MR) is 141 cm³/mol. The van der Waals surface area contributed by atoms with Gasteiger partial charge in [0.15, 0.2) is 5.82 Å². The van der Waals surface area contributed by atoms with Crippen LogP contribution in [-0.4, -0.2) is 45.7 Å². The van der Waals surface area contributed by atoms with E-state index in [1.54, 1.807) is 24.3 Å². The van der Waals surface area contributed by atoms with Gasteiger partial charge in [-0.2, -0.15) is 9.97 Å². The number of hydrogen-bond acceptors (Lipinski definition) is 6. The van der Waals surface area contributed by atoms with E-state index in [0.29, 0.717) is 44.4 Å². The quantitative estimate of drug-likeness (QED) is 0.283. The number of ether oxygens (including phenoxy) is 1. The van der Waals surface area contributed by atoms with Gasteiger partial charge in [0.2, 0.25) is 5.92 Å². The second-order valence-corrected chi connectivity index (χ2v) is 10.9. The normalized spacial score (nSPS) is 19.4. The van der Waals surface area contributed by atoms with Gasteiger partial charge >= 0.3 is 6.01 Å². The van der Waals surface area contributed by atoms with Crippen molar-refractivity contribution in [2.45, 2.75) is 38.5 Å². The van der Waals surface area contributed by atoms with Gasteiger partial charge in [-0.05, 0) is 61.6 Å². The van der Waals surface area contributed by atoms with Crippen LogP contribution in [0.5, 0.6) is 11.8 Å². The van der Waals surface area contributed by atoms with Crippen LogP contribution in [-0.2, 0) is 0 Å². The van der Waals surface area contributed by atoms with Crippen LogP contribution in [0.15, 0.2) is 36.5 Å². The molecule has 2 bridgehead atoms. The summed E-state index contributed by atoms with van der Waals surface area (Å²) in [6.07, 6.45) is 4.45. The summed E-state index contributed by atoms with van der Waals surface area (Å²) < 4.78 is 48.6. The second kappa shape index (κ2) is 9.45. The van der Waals surface area contributed by atoms with Crippen LogP contribution < -0.4 is 9.64 Å². The first-order valence-corrected chi connectivity index (χ1v) is 13.1. The number of piperidine rings is 1. The molecule has 4 aromatic rings. The Kier molecular flexibility index (Phi) is 6.21. The molecule has 2 unspecified atom stereocenters. The minimum absolute atomic E-state index is 0.0280. The molecule has 2 fully saturated rings. The van der Waals surface area contributed by atoms with Crippen molar-refractivity contribution in [2.24, 2.45) is 11.8 Å². The number of anilines is 1. The highest BCUT2D eigenvalue weighted by Gasteiger charge is 2.35. The zero-order chi connectivity index (χ0) is 26.6. The number of benzene rings is 2. The Hall–Kier alpha value is -3.33. The summed E-state index contributed by atoms with van der Waals surface area (Å²) in [7, 11) is 0. The summed E-state index contributed by atoms with van der Waals surface area (Å²) in [4.78, 5) is 15.4. The first-order valence-electron chi connectivity index (χ1n) is 12.7. The second-order valence-electron chi connectivity index (χ2n) is 10.5. The maximum absolute atomic E-state index is 16.3. The Bertz CT molecular complexity index is 1530. The van der Waals surface area contributed by atoms with Crippen molar-refractivity contribution in [3.8, 4) is 23.0 Å². The molecule has 2 atom stereocenters. The van der Waals surface area contributed by atoms with Gasteiger partial charge in [-0.1, -0.05) is 23.7 Å². The number of phenols is 1. The lowest BCUT2D eigenvalue weighted by atomic mass is 9.98. The average molecular weight is 543 g/mol. The van der Waals surface area contributed by atoms with Crippen LogP contribution >= 0.6 is 11.6 Å². The lowest BCUT2D eigenvalue weighted by Gasteiger charge is -2.33. The molecule has 3 heterocycles. The highest BCUT2D eigenvalue weighted by atomic mass is 35.5. The number of phenolic OH excluding ortho intramolecular Hbond substituents is 1. The highest BCUT2D eigenvalue weighted by Crippen LogP contribution is 2.42. The number of alkyl halides is 2. The molecule has 6 nitrogen and oxygen atoms in total. The van der Waals surface area contributed by atoms with Gasteiger partial charge in [0.1, 0.15) is 22.8 Å². The minimum Gasteiger partial charge on any atom is -0.508 e. The molecule has 0 amide bonds. The lowest BCUT2D eigenvalue weighted by Crippen LogP contribution is -2.37.